The maximum Gasteiger partial charge on any atom is 0.144 e. The minimum atomic E-state index is -1.18. The lowest BCUT2D eigenvalue weighted by Gasteiger charge is -2.18. The average molecular weight is 223 g/mol. The van der Waals surface area contributed by atoms with E-state index >= 15 is 0 Å². The van der Waals surface area contributed by atoms with Crippen LogP contribution in [-0.4, -0.2) is 15.0 Å². The van der Waals surface area contributed by atoms with E-state index in [4.69, 9.17) is 0 Å². The molecule has 0 aliphatic heterocycles. The molecule has 0 aliphatic carbocycles. The van der Waals surface area contributed by atoms with Gasteiger partial charge in [-0.15, -0.1) is 0 Å². The van der Waals surface area contributed by atoms with Crippen molar-refractivity contribution < 1.29 is 4.55 Å². The zero-order valence-electron chi connectivity index (χ0n) is 9.65. The maximum absolute atomic E-state index is 11.8. The van der Waals surface area contributed by atoms with Gasteiger partial charge in [0.25, 0.3) is 0 Å². The van der Waals surface area contributed by atoms with Crippen molar-refractivity contribution in [3.63, 3.8) is 0 Å². The van der Waals surface area contributed by atoms with Gasteiger partial charge in [0.05, 0.1) is 5.71 Å². The van der Waals surface area contributed by atoms with Gasteiger partial charge >= 0.3 is 0 Å². The van der Waals surface area contributed by atoms with Crippen molar-refractivity contribution in [2.24, 2.45) is 4.40 Å². The molecule has 0 unspecified atom stereocenters. The Bertz CT molecular complexity index is 340. The van der Waals surface area contributed by atoms with Crippen molar-refractivity contribution in [3.8, 4) is 0 Å². The van der Waals surface area contributed by atoms with Gasteiger partial charge < -0.3 is 4.55 Å². The molecule has 0 aliphatic rings. The molecule has 0 heterocycles. The van der Waals surface area contributed by atoms with Gasteiger partial charge in [0.1, 0.15) is 16.1 Å². The third-order valence-electron chi connectivity index (χ3n) is 1.94. The quantitative estimate of drug-likeness (QED) is 0.561. The fourth-order valence-corrected chi connectivity index (χ4v) is 1.62. The lowest BCUT2D eigenvalue weighted by atomic mass is 10.1. The van der Waals surface area contributed by atoms with E-state index in [2.05, 4.69) is 4.40 Å². The predicted octanol–water partition coefficient (Wildman–Crippen LogP) is 2.96. The van der Waals surface area contributed by atoms with Crippen LogP contribution in [0, 0.1) is 0 Å². The maximum atomic E-state index is 11.8. The number of benzene rings is 1. The van der Waals surface area contributed by atoms with Crippen LogP contribution < -0.4 is 0 Å². The Hall–Kier alpha value is -0.800. The molecule has 0 aromatic heterocycles. The zero-order chi connectivity index (χ0) is 11.5. The van der Waals surface area contributed by atoms with Crippen LogP contribution in [0.3, 0.4) is 0 Å². The van der Waals surface area contributed by atoms with E-state index in [1.807, 2.05) is 58.0 Å². The summed E-state index contributed by atoms with van der Waals surface area (Å²) in [6, 6.07) is 9.80. The molecular weight excluding hydrogens is 206 g/mol. The monoisotopic (exact) mass is 223 g/mol. The zero-order valence-corrected chi connectivity index (χ0v) is 10.5. The van der Waals surface area contributed by atoms with Crippen LogP contribution in [0.5, 0.6) is 0 Å². The first kappa shape index (κ1) is 12.3. The molecule has 1 atom stereocenters. The standard InChI is InChI=1S/C12H17NOS/c1-10(11-8-6-5-7-9-11)13-15(14)12(2,3)4/h5-9H,1-4H3/t15-/m1/s1. The van der Waals surface area contributed by atoms with Crippen molar-refractivity contribution in [3.05, 3.63) is 35.9 Å². The summed E-state index contributed by atoms with van der Waals surface area (Å²) in [5, 5.41) is 0. The van der Waals surface area contributed by atoms with Crippen molar-refractivity contribution in [2.75, 3.05) is 0 Å². The Kier molecular flexibility index (Phi) is 3.94. The largest absolute Gasteiger partial charge is 0.591 e. The smallest absolute Gasteiger partial charge is 0.144 e. The second kappa shape index (κ2) is 4.81. The lowest BCUT2D eigenvalue weighted by molar-refractivity contribution is 0.561. The molecule has 1 rings (SSSR count). The van der Waals surface area contributed by atoms with Crippen molar-refractivity contribution >= 4 is 17.1 Å². The molecule has 0 radical (unpaired) electrons. The normalized spacial score (nSPS) is 15.1. The Labute approximate surface area is 94.7 Å². The summed E-state index contributed by atoms with van der Waals surface area (Å²) in [7, 11) is 0. The van der Waals surface area contributed by atoms with Crippen LogP contribution in [0.1, 0.15) is 33.3 Å². The summed E-state index contributed by atoms with van der Waals surface area (Å²) in [5.41, 5.74) is 1.85. The van der Waals surface area contributed by atoms with Crippen molar-refractivity contribution in [1.82, 2.24) is 0 Å². The highest BCUT2D eigenvalue weighted by Gasteiger charge is 2.26. The molecule has 82 valence electrons. The van der Waals surface area contributed by atoms with Crippen LogP contribution in [0.15, 0.2) is 34.7 Å². The average Bonchev–Trinajstić information content (AvgIpc) is 2.17. The molecule has 0 N–H and O–H groups in total. The number of hydrogen-bond donors (Lipinski definition) is 0. The topological polar surface area (TPSA) is 35.4 Å². The van der Waals surface area contributed by atoms with E-state index in [1.54, 1.807) is 0 Å². The van der Waals surface area contributed by atoms with Gasteiger partial charge in [0, 0.05) is 5.56 Å². The molecule has 1 aromatic carbocycles. The summed E-state index contributed by atoms with van der Waals surface area (Å²) >= 11 is -1.18. The van der Waals surface area contributed by atoms with Crippen LogP contribution in [0.4, 0.5) is 0 Å². The van der Waals surface area contributed by atoms with E-state index < -0.39 is 11.4 Å². The molecular formula is C12H17NOS. The lowest BCUT2D eigenvalue weighted by Crippen LogP contribution is -2.26. The summed E-state index contributed by atoms with van der Waals surface area (Å²) in [5.74, 6) is 0. The molecule has 2 nitrogen and oxygen atoms in total. The first-order chi connectivity index (χ1) is 6.91. The second-order valence-corrected chi connectivity index (χ2v) is 6.31. The molecule has 15 heavy (non-hydrogen) atoms. The van der Waals surface area contributed by atoms with Gasteiger partial charge in [-0.1, -0.05) is 34.7 Å². The fraction of sp³-hybridized carbons (Fsp3) is 0.417. The van der Waals surface area contributed by atoms with Gasteiger partial charge in [-0.25, -0.2) is 0 Å². The highest BCUT2D eigenvalue weighted by molar-refractivity contribution is 7.91. The Morgan fingerprint density at radius 3 is 2.20 bits per heavy atom. The van der Waals surface area contributed by atoms with E-state index in [0.717, 1.165) is 11.3 Å². The molecule has 0 amide bonds. The number of rotatable bonds is 2. The van der Waals surface area contributed by atoms with E-state index in [0.29, 0.717) is 0 Å². The number of nitrogens with zero attached hydrogens (tertiary/aromatic N) is 1. The summed E-state index contributed by atoms with van der Waals surface area (Å²) < 4.78 is 15.7. The molecule has 0 saturated carbocycles. The second-order valence-electron chi connectivity index (χ2n) is 4.40. The van der Waals surface area contributed by atoms with Crippen LogP contribution in [0.2, 0.25) is 0 Å². The highest BCUT2D eigenvalue weighted by Crippen LogP contribution is 2.18. The molecule has 0 saturated heterocycles. The molecule has 0 bridgehead atoms. The van der Waals surface area contributed by atoms with Crippen molar-refractivity contribution in [1.29, 1.82) is 0 Å². The Morgan fingerprint density at radius 1 is 1.20 bits per heavy atom. The van der Waals surface area contributed by atoms with Gasteiger partial charge in [0.2, 0.25) is 0 Å². The van der Waals surface area contributed by atoms with E-state index in [9.17, 15) is 4.55 Å². The SMILES string of the molecule is CC(=N[S@+]([O-])C(C)(C)C)c1ccccc1. The Balaban J connectivity index is 2.86. The predicted molar refractivity (Wildman–Crippen MR) is 66.5 cm³/mol. The molecule has 1 aromatic rings. The van der Waals surface area contributed by atoms with Gasteiger partial charge in [-0.2, -0.15) is 0 Å². The molecule has 0 fully saturated rings. The Morgan fingerprint density at radius 2 is 1.73 bits per heavy atom. The summed E-state index contributed by atoms with van der Waals surface area (Å²) in [4.78, 5) is 0. The summed E-state index contributed by atoms with van der Waals surface area (Å²) in [6.45, 7) is 7.65. The fourth-order valence-electron chi connectivity index (χ4n) is 0.993. The third kappa shape index (κ3) is 3.68. The van der Waals surface area contributed by atoms with Crippen LogP contribution >= 0.6 is 0 Å². The van der Waals surface area contributed by atoms with Crippen molar-refractivity contribution in [2.45, 2.75) is 32.4 Å². The first-order valence-electron chi connectivity index (χ1n) is 4.94. The first-order valence-corrected chi connectivity index (χ1v) is 6.04. The molecule has 0 spiro atoms. The number of hydrogen-bond acceptors (Lipinski definition) is 2. The summed E-state index contributed by atoms with van der Waals surface area (Å²) in [6.07, 6.45) is 0. The van der Waals surface area contributed by atoms with Crippen LogP contribution in [0.25, 0.3) is 0 Å². The molecule has 3 heteroatoms. The van der Waals surface area contributed by atoms with Gasteiger partial charge in [0.15, 0.2) is 0 Å². The van der Waals surface area contributed by atoms with E-state index in [1.165, 1.54) is 0 Å². The van der Waals surface area contributed by atoms with Gasteiger partial charge in [-0.3, -0.25) is 0 Å². The highest BCUT2D eigenvalue weighted by atomic mass is 32.2. The van der Waals surface area contributed by atoms with Crippen LogP contribution in [-0.2, 0) is 11.4 Å². The van der Waals surface area contributed by atoms with Gasteiger partial charge in [-0.05, 0) is 27.7 Å². The minimum Gasteiger partial charge on any atom is -0.591 e. The minimum absolute atomic E-state index is 0.296. The van der Waals surface area contributed by atoms with E-state index in [-0.39, 0.29) is 4.75 Å². The third-order valence-corrected chi connectivity index (χ3v) is 3.42.